The van der Waals surface area contributed by atoms with Crippen LogP contribution >= 0.6 is 0 Å². The van der Waals surface area contributed by atoms with Crippen LogP contribution in [0.2, 0.25) is 0 Å². The highest BCUT2D eigenvalue weighted by Crippen LogP contribution is 2.03. The number of rotatable bonds is 7. The first-order valence-corrected chi connectivity index (χ1v) is 6.01. The van der Waals surface area contributed by atoms with Crippen LogP contribution in [0, 0.1) is 0 Å². The average Bonchev–Trinajstić information content (AvgIpc) is 2.05. The zero-order chi connectivity index (χ0) is 10.3. The number of hydrogen-bond donors (Lipinski definition) is 2. The van der Waals surface area contributed by atoms with Gasteiger partial charge in [-0.1, -0.05) is 13.3 Å². The van der Waals surface area contributed by atoms with Crippen LogP contribution in [0.25, 0.3) is 0 Å². The maximum atomic E-state index is 5.66. The highest BCUT2D eigenvalue weighted by molar-refractivity contribution is 6.46. The molecule has 0 aliphatic carbocycles. The molecule has 2 unspecified atom stereocenters. The molecule has 0 aromatic heterocycles. The van der Waals surface area contributed by atoms with Crippen LogP contribution in [-0.2, 0) is 8.85 Å². The van der Waals surface area contributed by atoms with Crippen molar-refractivity contribution in [1.82, 2.24) is 5.32 Å². The molecule has 0 bridgehead atoms. The zero-order valence-electron chi connectivity index (χ0n) is 8.96. The van der Waals surface area contributed by atoms with Gasteiger partial charge in [0.1, 0.15) is 0 Å². The normalized spacial score (nSPS) is 16.2. The first-order chi connectivity index (χ1) is 6.15. The van der Waals surface area contributed by atoms with Crippen LogP contribution < -0.4 is 11.1 Å². The predicted molar refractivity (Wildman–Crippen MR) is 55.3 cm³/mol. The van der Waals surface area contributed by atoms with E-state index in [1.165, 1.54) is 0 Å². The fourth-order valence-electron chi connectivity index (χ4n) is 1.24. The van der Waals surface area contributed by atoms with Gasteiger partial charge in [0.25, 0.3) is 0 Å². The van der Waals surface area contributed by atoms with Gasteiger partial charge in [-0.15, -0.1) is 0 Å². The second-order valence-corrected chi connectivity index (χ2v) is 5.18. The van der Waals surface area contributed by atoms with E-state index >= 15 is 0 Å². The molecule has 0 rings (SSSR count). The summed E-state index contributed by atoms with van der Waals surface area (Å²) in [6.07, 6.45) is 2.13. The topological polar surface area (TPSA) is 56.5 Å². The third kappa shape index (κ3) is 5.38. The molecule has 2 atom stereocenters. The molecule has 0 saturated carbocycles. The summed E-state index contributed by atoms with van der Waals surface area (Å²) in [4.78, 5) is 0. The summed E-state index contributed by atoms with van der Waals surface area (Å²) >= 11 is 0. The summed E-state index contributed by atoms with van der Waals surface area (Å²) in [6.45, 7) is 4.06. The van der Waals surface area contributed by atoms with E-state index in [2.05, 4.69) is 12.2 Å². The van der Waals surface area contributed by atoms with Crippen molar-refractivity contribution in [3.63, 3.8) is 0 Å². The standard InChI is InChI=1S/C8H21N2O2Si/c1-5-6-8(10-7(2)9)13(11-3)12-4/h7-8,10H,5-6,9H2,1-4H3. The largest absolute Gasteiger partial charge is 0.402 e. The number of nitrogens with one attached hydrogen (secondary N) is 1. The van der Waals surface area contributed by atoms with Crippen molar-refractivity contribution >= 4 is 9.28 Å². The number of nitrogens with two attached hydrogens (primary N) is 1. The molecular weight excluding hydrogens is 184 g/mol. The molecular formula is C8H21N2O2Si. The lowest BCUT2D eigenvalue weighted by molar-refractivity contribution is 0.251. The molecule has 0 aromatic carbocycles. The minimum absolute atomic E-state index is 0.0122. The van der Waals surface area contributed by atoms with E-state index in [1.54, 1.807) is 14.2 Å². The van der Waals surface area contributed by atoms with Gasteiger partial charge in [0.2, 0.25) is 0 Å². The van der Waals surface area contributed by atoms with Crippen molar-refractivity contribution in [2.45, 2.75) is 38.5 Å². The summed E-state index contributed by atoms with van der Waals surface area (Å²) in [6, 6.07) is 0. The smallest absolute Gasteiger partial charge is 0.396 e. The Morgan fingerprint density at radius 2 is 1.92 bits per heavy atom. The van der Waals surface area contributed by atoms with Gasteiger partial charge in [0.05, 0.1) is 11.8 Å². The Morgan fingerprint density at radius 3 is 2.23 bits per heavy atom. The van der Waals surface area contributed by atoms with Gasteiger partial charge < -0.3 is 14.6 Å². The molecule has 0 aliphatic heterocycles. The molecule has 1 radical (unpaired) electrons. The molecule has 79 valence electrons. The lowest BCUT2D eigenvalue weighted by Crippen LogP contribution is -2.51. The highest BCUT2D eigenvalue weighted by atomic mass is 28.3. The van der Waals surface area contributed by atoms with E-state index < -0.39 is 9.28 Å². The molecule has 5 heteroatoms. The summed E-state index contributed by atoms with van der Waals surface area (Å²) in [5.74, 6) is 0. The Balaban J connectivity index is 4.03. The van der Waals surface area contributed by atoms with Crippen molar-refractivity contribution in [2.24, 2.45) is 5.73 Å². The molecule has 4 nitrogen and oxygen atoms in total. The summed E-state index contributed by atoms with van der Waals surface area (Å²) < 4.78 is 10.6. The quantitative estimate of drug-likeness (QED) is 0.466. The Labute approximate surface area is 82.6 Å². The Morgan fingerprint density at radius 1 is 1.38 bits per heavy atom. The fraction of sp³-hybridized carbons (Fsp3) is 1.00. The minimum Gasteiger partial charge on any atom is -0.396 e. The lowest BCUT2D eigenvalue weighted by atomic mass is 10.3. The minimum atomic E-state index is -1.21. The second-order valence-electron chi connectivity index (χ2n) is 3.02. The van der Waals surface area contributed by atoms with Gasteiger partial charge in [-0.05, 0) is 13.3 Å². The summed E-state index contributed by atoms with van der Waals surface area (Å²) in [5.41, 5.74) is 5.93. The van der Waals surface area contributed by atoms with Crippen molar-refractivity contribution in [2.75, 3.05) is 14.2 Å². The average molecular weight is 205 g/mol. The molecule has 0 fully saturated rings. The molecule has 3 N–H and O–H groups in total. The van der Waals surface area contributed by atoms with Gasteiger partial charge in [0.15, 0.2) is 0 Å². The molecule has 0 heterocycles. The molecule has 0 aliphatic rings. The SMILES string of the molecule is CCCC(NC(C)N)[Si](OC)OC. The third-order valence-electron chi connectivity index (χ3n) is 1.73. The van der Waals surface area contributed by atoms with Crippen molar-refractivity contribution in [3.8, 4) is 0 Å². The van der Waals surface area contributed by atoms with E-state index in [1.807, 2.05) is 6.92 Å². The van der Waals surface area contributed by atoms with Crippen molar-refractivity contribution < 1.29 is 8.85 Å². The summed E-state index contributed by atoms with van der Waals surface area (Å²) in [5, 5.41) is 3.26. The first-order valence-electron chi connectivity index (χ1n) is 4.62. The van der Waals surface area contributed by atoms with Crippen LogP contribution in [0.4, 0.5) is 0 Å². The Bertz CT molecular complexity index is 121. The van der Waals surface area contributed by atoms with E-state index in [-0.39, 0.29) is 11.8 Å². The molecule has 0 aromatic rings. The highest BCUT2D eigenvalue weighted by Gasteiger charge is 2.25. The Kier molecular flexibility index (Phi) is 7.49. The van der Waals surface area contributed by atoms with Gasteiger partial charge in [0, 0.05) is 14.2 Å². The van der Waals surface area contributed by atoms with Crippen LogP contribution in [-0.4, -0.2) is 35.3 Å². The molecule has 0 spiro atoms. The van der Waals surface area contributed by atoms with E-state index in [4.69, 9.17) is 14.6 Å². The monoisotopic (exact) mass is 205 g/mol. The van der Waals surface area contributed by atoms with Crippen molar-refractivity contribution in [1.29, 1.82) is 0 Å². The zero-order valence-corrected chi connectivity index (χ0v) is 9.96. The summed E-state index contributed by atoms with van der Waals surface area (Å²) in [7, 11) is 2.16. The van der Waals surface area contributed by atoms with E-state index in [0.29, 0.717) is 0 Å². The second kappa shape index (κ2) is 7.46. The fourth-order valence-corrected chi connectivity index (χ4v) is 2.90. The maximum absolute atomic E-state index is 5.66. The maximum Gasteiger partial charge on any atom is 0.402 e. The van der Waals surface area contributed by atoms with Gasteiger partial charge in [-0.25, -0.2) is 0 Å². The van der Waals surface area contributed by atoms with Crippen molar-refractivity contribution in [3.05, 3.63) is 0 Å². The Hall–Kier alpha value is 0.0569. The predicted octanol–water partition coefficient (Wildman–Crippen LogP) is 0.370. The van der Waals surface area contributed by atoms with Gasteiger partial charge in [-0.3, -0.25) is 5.32 Å². The molecule has 0 saturated heterocycles. The van der Waals surface area contributed by atoms with Crippen LogP contribution in [0.15, 0.2) is 0 Å². The van der Waals surface area contributed by atoms with Crippen LogP contribution in [0.1, 0.15) is 26.7 Å². The van der Waals surface area contributed by atoms with Gasteiger partial charge >= 0.3 is 9.28 Å². The molecule has 13 heavy (non-hydrogen) atoms. The van der Waals surface area contributed by atoms with E-state index in [9.17, 15) is 0 Å². The van der Waals surface area contributed by atoms with Gasteiger partial charge in [-0.2, -0.15) is 0 Å². The first kappa shape index (κ1) is 13.1. The van der Waals surface area contributed by atoms with Crippen LogP contribution in [0.3, 0.4) is 0 Å². The number of hydrogen-bond acceptors (Lipinski definition) is 4. The lowest BCUT2D eigenvalue weighted by Gasteiger charge is -2.24. The van der Waals surface area contributed by atoms with E-state index in [0.717, 1.165) is 12.8 Å². The van der Waals surface area contributed by atoms with Crippen LogP contribution in [0.5, 0.6) is 0 Å². The third-order valence-corrected chi connectivity index (χ3v) is 3.56. The molecule has 0 amide bonds.